The van der Waals surface area contributed by atoms with Gasteiger partial charge in [0.25, 0.3) is 10.0 Å². The SMILES string of the molecule is Cc1cc(C)c(S(=O)(=O)Nc2cccc(C)c2C)c(C)c1. The lowest BCUT2D eigenvalue weighted by Gasteiger charge is -2.16. The molecule has 0 radical (unpaired) electrons. The molecule has 2 aromatic carbocycles. The number of rotatable bonds is 3. The van der Waals surface area contributed by atoms with Crippen LogP contribution in [0.5, 0.6) is 0 Å². The zero-order valence-electron chi connectivity index (χ0n) is 13.1. The molecule has 0 aliphatic carbocycles. The number of sulfonamides is 1. The van der Waals surface area contributed by atoms with E-state index in [4.69, 9.17) is 0 Å². The van der Waals surface area contributed by atoms with E-state index in [-0.39, 0.29) is 0 Å². The lowest BCUT2D eigenvalue weighted by molar-refractivity contribution is 0.600. The summed E-state index contributed by atoms with van der Waals surface area (Å²) in [5.41, 5.74) is 5.25. The molecule has 3 nitrogen and oxygen atoms in total. The molecule has 0 atom stereocenters. The van der Waals surface area contributed by atoms with E-state index >= 15 is 0 Å². The van der Waals surface area contributed by atoms with Crippen molar-refractivity contribution < 1.29 is 8.42 Å². The first-order valence-electron chi connectivity index (χ1n) is 6.89. The molecule has 0 spiro atoms. The fourth-order valence-electron chi connectivity index (χ4n) is 2.65. The second kappa shape index (κ2) is 5.53. The summed E-state index contributed by atoms with van der Waals surface area (Å²) in [5.74, 6) is 0. The van der Waals surface area contributed by atoms with E-state index in [1.54, 1.807) is 6.07 Å². The van der Waals surface area contributed by atoms with Gasteiger partial charge in [0, 0.05) is 0 Å². The van der Waals surface area contributed by atoms with Gasteiger partial charge >= 0.3 is 0 Å². The quantitative estimate of drug-likeness (QED) is 0.930. The Hall–Kier alpha value is -1.81. The molecule has 0 aromatic heterocycles. The molecule has 0 amide bonds. The summed E-state index contributed by atoms with van der Waals surface area (Å²) >= 11 is 0. The maximum atomic E-state index is 12.7. The number of nitrogens with one attached hydrogen (secondary N) is 1. The molecule has 0 saturated heterocycles. The highest BCUT2D eigenvalue weighted by Gasteiger charge is 2.20. The van der Waals surface area contributed by atoms with Crippen molar-refractivity contribution in [2.24, 2.45) is 0 Å². The average molecular weight is 303 g/mol. The van der Waals surface area contributed by atoms with Crippen LogP contribution in [0.25, 0.3) is 0 Å². The van der Waals surface area contributed by atoms with Gasteiger partial charge in [-0.2, -0.15) is 0 Å². The fraction of sp³-hybridized carbons (Fsp3) is 0.294. The van der Waals surface area contributed by atoms with Gasteiger partial charge in [0.05, 0.1) is 10.6 Å². The Bertz CT molecular complexity index is 769. The minimum absolute atomic E-state index is 0.369. The monoisotopic (exact) mass is 303 g/mol. The van der Waals surface area contributed by atoms with E-state index in [1.807, 2.05) is 58.9 Å². The summed E-state index contributed by atoms with van der Waals surface area (Å²) < 4.78 is 28.1. The smallest absolute Gasteiger partial charge is 0.262 e. The number of hydrogen-bond acceptors (Lipinski definition) is 2. The average Bonchev–Trinajstić information content (AvgIpc) is 2.33. The van der Waals surface area contributed by atoms with Crippen LogP contribution in [0.1, 0.15) is 27.8 Å². The summed E-state index contributed by atoms with van der Waals surface area (Å²) in [4.78, 5) is 0.369. The molecule has 0 bridgehead atoms. The summed E-state index contributed by atoms with van der Waals surface area (Å²) in [6.07, 6.45) is 0. The van der Waals surface area contributed by atoms with Gasteiger partial charge in [-0.05, 0) is 62.9 Å². The first kappa shape index (κ1) is 15.6. The Morgan fingerprint density at radius 3 is 2.00 bits per heavy atom. The number of anilines is 1. The Morgan fingerprint density at radius 1 is 0.857 bits per heavy atom. The van der Waals surface area contributed by atoms with E-state index in [1.165, 1.54) is 0 Å². The van der Waals surface area contributed by atoms with Crippen LogP contribution in [0.15, 0.2) is 35.2 Å². The normalized spacial score (nSPS) is 11.5. The second-order valence-corrected chi connectivity index (χ2v) is 7.20. The van der Waals surface area contributed by atoms with Crippen molar-refractivity contribution in [1.82, 2.24) is 0 Å². The van der Waals surface area contributed by atoms with Crippen LogP contribution in [0.4, 0.5) is 5.69 Å². The van der Waals surface area contributed by atoms with Crippen LogP contribution in [0.3, 0.4) is 0 Å². The molecule has 2 aromatic rings. The predicted octanol–water partition coefficient (Wildman–Crippen LogP) is 4.03. The second-order valence-electron chi connectivity index (χ2n) is 5.58. The molecule has 0 heterocycles. The Labute approximate surface area is 127 Å². The zero-order valence-corrected chi connectivity index (χ0v) is 13.9. The highest BCUT2D eigenvalue weighted by Crippen LogP contribution is 2.26. The first-order valence-corrected chi connectivity index (χ1v) is 8.37. The fourth-order valence-corrected chi connectivity index (χ4v) is 4.23. The Morgan fingerprint density at radius 2 is 1.43 bits per heavy atom. The van der Waals surface area contributed by atoms with Crippen LogP contribution in [-0.2, 0) is 10.0 Å². The predicted molar refractivity (Wildman–Crippen MR) is 87.4 cm³/mol. The van der Waals surface area contributed by atoms with Crippen molar-refractivity contribution in [3.05, 3.63) is 58.1 Å². The molecule has 2 rings (SSSR count). The molecule has 0 aliphatic rings. The molecule has 112 valence electrons. The van der Waals surface area contributed by atoms with Crippen LogP contribution in [-0.4, -0.2) is 8.42 Å². The lowest BCUT2D eigenvalue weighted by Crippen LogP contribution is -2.16. The van der Waals surface area contributed by atoms with Gasteiger partial charge in [-0.15, -0.1) is 0 Å². The maximum Gasteiger partial charge on any atom is 0.262 e. The molecule has 0 unspecified atom stereocenters. The third kappa shape index (κ3) is 3.10. The Kier molecular flexibility index (Phi) is 4.10. The van der Waals surface area contributed by atoms with Gasteiger partial charge in [0.1, 0.15) is 0 Å². The van der Waals surface area contributed by atoms with E-state index in [9.17, 15) is 8.42 Å². The standard InChI is InChI=1S/C17H21NO2S/c1-11-9-13(3)17(14(4)10-11)21(19,20)18-16-8-6-7-12(2)15(16)5/h6-10,18H,1-5H3. The summed E-state index contributed by atoms with van der Waals surface area (Å²) in [7, 11) is -3.58. The number of benzene rings is 2. The highest BCUT2D eigenvalue weighted by atomic mass is 32.2. The van der Waals surface area contributed by atoms with Crippen molar-refractivity contribution in [2.75, 3.05) is 4.72 Å². The third-order valence-electron chi connectivity index (χ3n) is 3.72. The summed E-state index contributed by atoms with van der Waals surface area (Å²) in [6.45, 7) is 9.52. The van der Waals surface area contributed by atoms with Crippen LogP contribution < -0.4 is 4.72 Å². The lowest BCUT2D eigenvalue weighted by atomic mass is 10.1. The van der Waals surface area contributed by atoms with E-state index in [2.05, 4.69) is 4.72 Å². The van der Waals surface area contributed by atoms with Crippen LogP contribution >= 0.6 is 0 Å². The molecule has 21 heavy (non-hydrogen) atoms. The minimum Gasteiger partial charge on any atom is -0.279 e. The van der Waals surface area contributed by atoms with Crippen molar-refractivity contribution in [3.8, 4) is 0 Å². The van der Waals surface area contributed by atoms with Gasteiger partial charge in [-0.1, -0.05) is 29.8 Å². The van der Waals surface area contributed by atoms with E-state index in [0.717, 1.165) is 27.8 Å². The molecular weight excluding hydrogens is 282 g/mol. The maximum absolute atomic E-state index is 12.7. The molecule has 0 saturated carbocycles. The first-order chi connectivity index (χ1) is 9.72. The van der Waals surface area contributed by atoms with E-state index in [0.29, 0.717) is 10.6 Å². The molecule has 0 fully saturated rings. The van der Waals surface area contributed by atoms with Gasteiger partial charge < -0.3 is 0 Å². The molecular formula is C17H21NO2S. The van der Waals surface area contributed by atoms with Gasteiger partial charge in [0.2, 0.25) is 0 Å². The minimum atomic E-state index is -3.58. The molecule has 0 aliphatic heterocycles. The van der Waals surface area contributed by atoms with Crippen LogP contribution in [0, 0.1) is 34.6 Å². The van der Waals surface area contributed by atoms with Crippen LogP contribution in [0.2, 0.25) is 0 Å². The number of aryl methyl sites for hydroxylation is 4. The van der Waals surface area contributed by atoms with Crippen molar-refractivity contribution in [3.63, 3.8) is 0 Å². The molecule has 1 N–H and O–H groups in total. The van der Waals surface area contributed by atoms with Gasteiger partial charge in [0.15, 0.2) is 0 Å². The van der Waals surface area contributed by atoms with Gasteiger partial charge in [-0.3, -0.25) is 4.72 Å². The third-order valence-corrected chi connectivity index (χ3v) is 5.39. The van der Waals surface area contributed by atoms with Crippen molar-refractivity contribution in [1.29, 1.82) is 0 Å². The largest absolute Gasteiger partial charge is 0.279 e. The van der Waals surface area contributed by atoms with Crippen molar-refractivity contribution in [2.45, 2.75) is 39.5 Å². The Balaban J connectivity index is 2.51. The topological polar surface area (TPSA) is 46.2 Å². The zero-order chi connectivity index (χ0) is 15.8. The molecule has 4 heteroatoms. The summed E-state index contributed by atoms with van der Waals surface area (Å²) in [5, 5.41) is 0. The van der Waals surface area contributed by atoms with Gasteiger partial charge in [-0.25, -0.2) is 8.42 Å². The van der Waals surface area contributed by atoms with E-state index < -0.39 is 10.0 Å². The number of hydrogen-bond donors (Lipinski definition) is 1. The highest BCUT2D eigenvalue weighted by molar-refractivity contribution is 7.92. The van der Waals surface area contributed by atoms with Crippen molar-refractivity contribution >= 4 is 15.7 Å². The summed E-state index contributed by atoms with van der Waals surface area (Å²) in [6, 6.07) is 9.40.